The number of H-pyrrole nitrogens is 1. The van der Waals surface area contributed by atoms with E-state index < -0.39 is 0 Å². The van der Waals surface area contributed by atoms with Crippen LogP contribution < -0.4 is 0 Å². The standard InChI is InChI=1S/C14H16N2/c1-10-6-7-13(14-8-15-9-16-14)12-5-3-2-4-11(10)12/h6-9H,2-5H2,1H3,(H,15,16). The van der Waals surface area contributed by atoms with Crippen LogP contribution in [0.2, 0.25) is 0 Å². The summed E-state index contributed by atoms with van der Waals surface area (Å²) in [5.41, 5.74) is 7.04. The fourth-order valence-electron chi connectivity index (χ4n) is 2.70. The minimum absolute atomic E-state index is 1.15. The Hall–Kier alpha value is -1.57. The van der Waals surface area contributed by atoms with Gasteiger partial charge in [-0.2, -0.15) is 0 Å². The zero-order valence-corrected chi connectivity index (χ0v) is 9.59. The van der Waals surface area contributed by atoms with Crippen LogP contribution in [0.5, 0.6) is 0 Å². The summed E-state index contributed by atoms with van der Waals surface area (Å²) in [6, 6.07) is 4.47. The molecule has 0 amide bonds. The van der Waals surface area contributed by atoms with Crippen LogP contribution >= 0.6 is 0 Å². The number of hydrogen-bond acceptors (Lipinski definition) is 1. The number of nitrogens with one attached hydrogen (secondary N) is 1. The van der Waals surface area contributed by atoms with Gasteiger partial charge < -0.3 is 4.98 Å². The normalized spacial score (nSPS) is 14.8. The summed E-state index contributed by atoms with van der Waals surface area (Å²) in [6.45, 7) is 2.22. The van der Waals surface area contributed by atoms with E-state index in [4.69, 9.17) is 0 Å². The molecule has 1 N–H and O–H groups in total. The number of fused-ring (bicyclic) bond motifs is 1. The highest BCUT2D eigenvalue weighted by Gasteiger charge is 2.16. The lowest BCUT2D eigenvalue weighted by Gasteiger charge is -2.21. The van der Waals surface area contributed by atoms with Crippen LogP contribution in [0.15, 0.2) is 24.7 Å². The Balaban J connectivity index is 2.19. The first-order valence-electron chi connectivity index (χ1n) is 5.96. The van der Waals surface area contributed by atoms with Gasteiger partial charge >= 0.3 is 0 Å². The lowest BCUT2D eigenvalue weighted by atomic mass is 9.85. The van der Waals surface area contributed by atoms with Gasteiger partial charge in [0, 0.05) is 5.56 Å². The van der Waals surface area contributed by atoms with E-state index in [0.717, 1.165) is 5.69 Å². The second kappa shape index (κ2) is 3.78. The number of aryl methyl sites for hydroxylation is 1. The SMILES string of the molecule is Cc1ccc(-c2cnc[nH]2)c2c1CCCC2. The first-order valence-corrected chi connectivity index (χ1v) is 5.96. The van der Waals surface area contributed by atoms with Crippen LogP contribution in [-0.4, -0.2) is 9.97 Å². The fraction of sp³-hybridized carbons (Fsp3) is 0.357. The predicted octanol–water partition coefficient (Wildman–Crippen LogP) is 3.26. The second-order valence-electron chi connectivity index (χ2n) is 4.56. The van der Waals surface area contributed by atoms with E-state index in [1.807, 2.05) is 6.20 Å². The van der Waals surface area contributed by atoms with Gasteiger partial charge in [-0.15, -0.1) is 0 Å². The molecule has 2 heteroatoms. The number of aromatic amines is 1. The van der Waals surface area contributed by atoms with E-state index in [9.17, 15) is 0 Å². The Morgan fingerprint density at radius 3 is 2.69 bits per heavy atom. The molecule has 0 spiro atoms. The fourth-order valence-corrected chi connectivity index (χ4v) is 2.70. The van der Waals surface area contributed by atoms with Crippen molar-refractivity contribution in [3.63, 3.8) is 0 Å². The van der Waals surface area contributed by atoms with Crippen molar-refractivity contribution in [2.75, 3.05) is 0 Å². The Bertz CT molecular complexity index is 498. The summed E-state index contributed by atoms with van der Waals surface area (Å²) >= 11 is 0. The zero-order valence-electron chi connectivity index (χ0n) is 9.59. The van der Waals surface area contributed by atoms with Crippen LogP contribution in [-0.2, 0) is 12.8 Å². The summed E-state index contributed by atoms with van der Waals surface area (Å²) < 4.78 is 0. The van der Waals surface area contributed by atoms with Crippen LogP contribution in [0.3, 0.4) is 0 Å². The predicted molar refractivity (Wildman–Crippen MR) is 65.4 cm³/mol. The summed E-state index contributed by atoms with van der Waals surface area (Å²) in [4.78, 5) is 7.33. The first-order chi connectivity index (χ1) is 7.86. The Morgan fingerprint density at radius 2 is 1.94 bits per heavy atom. The molecule has 0 bridgehead atoms. The molecule has 1 aromatic heterocycles. The quantitative estimate of drug-likeness (QED) is 0.772. The van der Waals surface area contributed by atoms with Crippen LogP contribution in [0.1, 0.15) is 29.5 Å². The van der Waals surface area contributed by atoms with E-state index >= 15 is 0 Å². The second-order valence-corrected chi connectivity index (χ2v) is 4.56. The number of benzene rings is 1. The molecule has 0 aliphatic heterocycles. The van der Waals surface area contributed by atoms with Crippen molar-refractivity contribution in [2.45, 2.75) is 32.6 Å². The average Bonchev–Trinajstić information content (AvgIpc) is 2.83. The third-order valence-corrected chi connectivity index (χ3v) is 3.56. The molecule has 0 fully saturated rings. The van der Waals surface area contributed by atoms with Crippen molar-refractivity contribution in [3.8, 4) is 11.3 Å². The molecule has 2 nitrogen and oxygen atoms in total. The van der Waals surface area contributed by atoms with Gasteiger partial charge in [-0.3, -0.25) is 0 Å². The van der Waals surface area contributed by atoms with Gasteiger partial charge in [0.15, 0.2) is 0 Å². The molecule has 0 saturated heterocycles. The van der Waals surface area contributed by atoms with Gasteiger partial charge in [-0.25, -0.2) is 4.98 Å². The van der Waals surface area contributed by atoms with E-state index in [-0.39, 0.29) is 0 Å². The average molecular weight is 212 g/mol. The van der Waals surface area contributed by atoms with Crippen LogP contribution in [0.25, 0.3) is 11.3 Å². The number of aromatic nitrogens is 2. The van der Waals surface area contributed by atoms with E-state index in [1.54, 1.807) is 11.9 Å². The molecule has 1 aliphatic carbocycles. The summed E-state index contributed by atoms with van der Waals surface area (Å²) in [5.74, 6) is 0. The molecule has 1 heterocycles. The third kappa shape index (κ3) is 1.45. The van der Waals surface area contributed by atoms with Crippen molar-refractivity contribution >= 4 is 0 Å². The molecule has 0 unspecified atom stereocenters. The van der Waals surface area contributed by atoms with E-state index in [1.165, 1.54) is 42.4 Å². The number of hydrogen-bond donors (Lipinski definition) is 1. The Morgan fingerprint density at radius 1 is 1.12 bits per heavy atom. The van der Waals surface area contributed by atoms with Crippen molar-refractivity contribution in [2.24, 2.45) is 0 Å². The van der Waals surface area contributed by atoms with Crippen molar-refractivity contribution in [1.29, 1.82) is 0 Å². The van der Waals surface area contributed by atoms with Gasteiger partial charge in [-0.1, -0.05) is 12.1 Å². The molecule has 2 aromatic rings. The highest BCUT2D eigenvalue weighted by Crippen LogP contribution is 2.32. The van der Waals surface area contributed by atoms with Crippen LogP contribution in [0.4, 0.5) is 0 Å². The van der Waals surface area contributed by atoms with Gasteiger partial charge in [0.1, 0.15) is 0 Å². The van der Waals surface area contributed by atoms with Gasteiger partial charge in [0.25, 0.3) is 0 Å². The molecular formula is C14H16N2. The van der Waals surface area contributed by atoms with Crippen LogP contribution in [0, 0.1) is 6.92 Å². The van der Waals surface area contributed by atoms with Gasteiger partial charge in [0.2, 0.25) is 0 Å². The minimum Gasteiger partial charge on any atom is -0.345 e. The number of nitrogens with zero attached hydrogens (tertiary/aromatic N) is 1. The van der Waals surface area contributed by atoms with Crippen molar-refractivity contribution in [1.82, 2.24) is 9.97 Å². The molecule has 1 aliphatic rings. The Labute approximate surface area is 95.7 Å². The van der Waals surface area contributed by atoms with Crippen molar-refractivity contribution in [3.05, 3.63) is 41.3 Å². The lowest BCUT2D eigenvalue weighted by molar-refractivity contribution is 0.683. The van der Waals surface area contributed by atoms with Crippen molar-refractivity contribution < 1.29 is 0 Å². The molecule has 3 rings (SSSR count). The zero-order chi connectivity index (χ0) is 11.0. The monoisotopic (exact) mass is 212 g/mol. The molecule has 0 radical (unpaired) electrons. The van der Waals surface area contributed by atoms with Gasteiger partial charge in [0.05, 0.1) is 18.2 Å². The maximum Gasteiger partial charge on any atom is 0.0924 e. The summed E-state index contributed by atoms with van der Waals surface area (Å²) in [5, 5.41) is 0. The first kappa shape index (κ1) is 9.64. The highest BCUT2D eigenvalue weighted by molar-refractivity contribution is 5.66. The highest BCUT2D eigenvalue weighted by atomic mass is 14.9. The van der Waals surface area contributed by atoms with E-state index in [2.05, 4.69) is 29.0 Å². The summed E-state index contributed by atoms with van der Waals surface area (Å²) in [6.07, 6.45) is 8.77. The third-order valence-electron chi connectivity index (χ3n) is 3.56. The van der Waals surface area contributed by atoms with E-state index in [0.29, 0.717) is 0 Å². The number of imidazole rings is 1. The molecule has 0 atom stereocenters. The molecule has 1 aromatic carbocycles. The Kier molecular flexibility index (Phi) is 2.28. The molecular weight excluding hydrogens is 196 g/mol. The molecule has 16 heavy (non-hydrogen) atoms. The lowest BCUT2D eigenvalue weighted by Crippen LogP contribution is -2.06. The smallest absolute Gasteiger partial charge is 0.0924 e. The topological polar surface area (TPSA) is 28.7 Å². The summed E-state index contributed by atoms with van der Waals surface area (Å²) in [7, 11) is 0. The maximum atomic E-state index is 4.11. The molecule has 0 saturated carbocycles. The molecule has 82 valence electrons. The largest absolute Gasteiger partial charge is 0.345 e. The van der Waals surface area contributed by atoms with Gasteiger partial charge in [-0.05, 0) is 49.3 Å². The minimum atomic E-state index is 1.15. The maximum absolute atomic E-state index is 4.11. The number of rotatable bonds is 1.